The normalized spacial score (nSPS) is 19.1. The van der Waals surface area contributed by atoms with Gasteiger partial charge in [-0.3, -0.25) is 9.59 Å². The van der Waals surface area contributed by atoms with Gasteiger partial charge >= 0.3 is 11.9 Å². The molecule has 1 fully saturated rings. The van der Waals surface area contributed by atoms with Gasteiger partial charge in [0.15, 0.2) is 0 Å². The molecular formula is C14H16O6. The minimum atomic E-state index is -1.47. The van der Waals surface area contributed by atoms with Crippen LogP contribution in [0.2, 0.25) is 0 Å². The van der Waals surface area contributed by atoms with Gasteiger partial charge in [-0.25, -0.2) is 0 Å². The second-order valence-electron chi connectivity index (χ2n) is 5.08. The number of aliphatic carboxylic acids is 2. The minimum absolute atomic E-state index is 0.279. The molecule has 20 heavy (non-hydrogen) atoms. The number of carboxylic acids is 2. The Kier molecular flexibility index (Phi) is 3.78. The molecule has 1 saturated carbocycles. The highest BCUT2D eigenvalue weighted by molar-refractivity contribution is 5.85. The summed E-state index contributed by atoms with van der Waals surface area (Å²) in [4.78, 5) is 22.0. The SMILES string of the molecule is O=C(O)CC(O)C(O)c1ccccc1C1(C(=O)O)CC1. The van der Waals surface area contributed by atoms with Crippen molar-refractivity contribution in [3.63, 3.8) is 0 Å². The average Bonchev–Trinajstić information content (AvgIpc) is 3.18. The molecule has 2 atom stereocenters. The minimum Gasteiger partial charge on any atom is -0.481 e. The van der Waals surface area contributed by atoms with Gasteiger partial charge in [-0.15, -0.1) is 0 Å². The van der Waals surface area contributed by atoms with E-state index in [-0.39, 0.29) is 5.56 Å². The number of carbonyl (C=O) groups is 2. The molecule has 4 N–H and O–H groups in total. The first-order valence-electron chi connectivity index (χ1n) is 6.29. The highest BCUT2D eigenvalue weighted by Gasteiger charge is 2.53. The molecule has 108 valence electrons. The monoisotopic (exact) mass is 280 g/mol. The van der Waals surface area contributed by atoms with Crippen molar-refractivity contribution in [2.24, 2.45) is 0 Å². The molecule has 6 nitrogen and oxygen atoms in total. The van der Waals surface area contributed by atoms with Gasteiger partial charge in [0, 0.05) is 0 Å². The van der Waals surface area contributed by atoms with Crippen LogP contribution in [0, 0.1) is 0 Å². The summed E-state index contributed by atoms with van der Waals surface area (Å²) >= 11 is 0. The lowest BCUT2D eigenvalue weighted by Gasteiger charge is -2.22. The first kappa shape index (κ1) is 14.5. The van der Waals surface area contributed by atoms with Crippen molar-refractivity contribution < 1.29 is 30.0 Å². The molecule has 0 saturated heterocycles. The van der Waals surface area contributed by atoms with Crippen molar-refractivity contribution in [2.75, 3.05) is 0 Å². The van der Waals surface area contributed by atoms with Crippen LogP contribution in [0.25, 0.3) is 0 Å². The van der Waals surface area contributed by atoms with Crippen molar-refractivity contribution in [3.8, 4) is 0 Å². The van der Waals surface area contributed by atoms with E-state index in [0.29, 0.717) is 18.4 Å². The van der Waals surface area contributed by atoms with Gasteiger partial charge in [-0.1, -0.05) is 24.3 Å². The second-order valence-corrected chi connectivity index (χ2v) is 5.08. The van der Waals surface area contributed by atoms with E-state index < -0.39 is 36.0 Å². The van der Waals surface area contributed by atoms with E-state index in [1.54, 1.807) is 18.2 Å². The fourth-order valence-electron chi connectivity index (χ4n) is 2.41. The topological polar surface area (TPSA) is 115 Å². The third-order valence-corrected chi connectivity index (χ3v) is 3.70. The quantitative estimate of drug-likeness (QED) is 0.609. The molecule has 0 radical (unpaired) electrons. The maximum Gasteiger partial charge on any atom is 0.314 e. The Morgan fingerprint density at radius 2 is 1.75 bits per heavy atom. The maximum absolute atomic E-state index is 11.4. The summed E-state index contributed by atoms with van der Waals surface area (Å²) in [6, 6.07) is 6.41. The fourth-order valence-corrected chi connectivity index (χ4v) is 2.41. The van der Waals surface area contributed by atoms with Crippen LogP contribution < -0.4 is 0 Å². The predicted octanol–water partition coefficient (Wildman–Crippen LogP) is 0.672. The summed E-state index contributed by atoms with van der Waals surface area (Å²) in [5, 5.41) is 37.8. The van der Waals surface area contributed by atoms with Crippen molar-refractivity contribution >= 4 is 11.9 Å². The van der Waals surface area contributed by atoms with Crippen molar-refractivity contribution in [2.45, 2.75) is 36.9 Å². The number of rotatable bonds is 6. The molecule has 1 aliphatic carbocycles. The third kappa shape index (κ3) is 2.52. The molecule has 2 rings (SSSR count). The van der Waals surface area contributed by atoms with Gasteiger partial charge in [0.05, 0.1) is 17.9 Å². The number of hydrogen-bond donors (Lipinski definition) is 4. The number of aliphatic hydroxyl groups is 2. The molecule has 0 bridgehead atoms. The lowest BCUT2D eigenvalue weighted by atomic mass is 9.87. The summed E-state index contributed by atoms with van der Waals surface area (Å²) in [6.45, 7) is 0. The van der Waals surface area contributed by atoms with Gasteiger partial charge in [0.1, 0.15) is 6.10 Å². The van der Waals surface area contributed by atoms with E-state index in [1.165, 1.54) is 6.07 Å². The van der Waals surface area contributed by atoms with Crippen LogP contribution in [-0.2, 0) is 15.0 Å². The van der Waals surface area contributed by atoms with Gasteiger partial charge in [0.2, 0.25) is 0 Å². The number of carboxylic acid groups (broad SMARTS) is 2. The molecule has 0 aromatic heterocycles. The summed E-state index contributed by atoms with van der Waals surface area (Å²) < 4.78 is 0. The predicted molar refractivity (Wildman–Crippen MR) is 68.2 cm³/mol. The molecule has 1 aliphatic rings. The molecule has 2 unspecified atom stereocenters. The third-order valence-electron chi connectivity index (χ3n) is 3.70. The Hall–Kier alpha value is -1.92. The van der Waals surface area contributed by atoms with E-state index in [9.17, 15) is 24.9 Å². The Morgan fingerprint density at radius 3 is 2.25 bits per heavy atom. The lowest BCUT2D eigenvalue weighted by Crippen LogP contribution is -2.27. The first-order chi connectivity index (χ1) is 9.38. The molecule has 0 spiro atoms. The van der Waals surface area contributed by atoms with Gasteiger partial charge in [-0.2, -0.15) is 0 Å². The Labute approximate surface area is 115 Å². The molecule has 1 aromatic carbocycles. The summed E-state index contributed by atoms with van der Waals surface area (Å²) in [5.74, 6) is -2.20. The summed E-state index contributed by atoms with van der Waals surface area (Å²) in [5.41, 5.74) is -0.286. The smallest absolute Gasteiger partial charge is 0.314 e. The van der Waals surface area contributed by atoms with E-state index >= 15 is 0 Å². The van der Waals surface area contributed by atoms with Crippen LogP contribution in [-0.4, -0.2) is 38.5 Å². The zero-order chi connectivity index (χ0) is 14.9. The number of hydrogen-bond acceptors (Lipinski definition) is 4. The average molecular weight is 280 g/mol. The van der Waals surface area contributed by atoms with Crippen LogP contribution in [0.1, 0.15) is 36.5 Å². The number of aliphatic hydroxyl groups excluding tert-OH is 2. The van der Waals surface area contributed by atoms with Crippen LogP contribution in [0.4, 0.5) is 0 Å². The standard InChI is InChI=1S/C14H16O6/c15-10(7-11(16)17)12(18)8-3-1-2-4-9(8)14(5-6-14)13(19)20/h1-4,10,12,15,18H,5-7H2,(H,16,17)(H,19,20). The zero-order valence-electron chi connectivity index (χ0n) is 10.7. The van der Waals surface area contributed by atoms with Gasteiger partial charge in [0.25, 0.3) is 0 Å². The van der Waals surface area contributed by atoms with Gasteiger partial charge < -0.3 is 20.4 Å². The Morgan fingerprint density at radius 1 is 1.15 bits per heavy atom. The summed E-state index contributed by atoms with van der Waals surface area (Å²) in [6.07, 6.45) is -2.55. The molecular weight excluding hydrogens is 264 g/mol. The van der Waals surface area contributed by atoms with Gasteiger partial charge in [-0.05, 0) is 24.0 Å². The molecule has 6 heteroatoms. The molecule has 0 amide bonds. The highest BCUT2D eigenvalue weighted by atomic mass is 16.4. The fraction of sp³-hybridized carbons (Fsp3) is 0.429. The maximum atomic E-state index is 11.4. The Balaban J connectivity index is 2.33. The summed E-state index contributed by atoms with van der Waals surface area (Å²) in [7, 11) is 0. The van der Waals surface area contributed by atoms with E-state index in [2.05, 4.69) is 0 Å². The molecule has 0 aliphatic heterocycles. The van der Waals surface area contributed by atoms with Crippen molar-refractivity contribution in [3.05, 3.63) is 35.4 Å². The van der Waals surface area contributed by atoms with E-state index in [1.807, 2.05) is 0 Å². The van der Waals surface area contributed by atoms with Crippen LogP contribution in [0.3, 0.4) is 0 Å². The Bertz CT molecular complexity index is 534. The van der Waals surface area contributed by atoms with Crippen LogP contribution in [0.15, 0.2) is 24.3 Å². The first-order valence-corrected chi connectivity index (χ1v) is 6.29. The second kappa shape index (κ2) is 5.22. The molecule has 1 aromatic rings. The highest BCUT2D eigenvalue weighted by Crippen LogP contribution is 2.50. The number of benzene rings is 1. The largest absolute Gasteiger partial charge is 0.481 e. The van der Waals surface area contributed by atoms with Crippen LogP contribution >= 0.6 is 0 Å². The van der Waals surface area contributed by atoms with E-state index in [0.717, 1.165) is 0 Å². The van der Waals surface area contributed by atoms with Crippen LogP contribution in [0.5, 0.6) is 0 Å². The zero-order valence-corrected chi connectivity index (χ0v) is 10.7. The molecule has 0 heterocycles. The van der Waals surface area contributed by atoms with Crippen molar-refractivity contribution in [1.29, 1.82) is 0 Å². The lowest BCUT2D eigenvalue weighted by molar-refractivity contribution is -0.142. The van der Waals surface area contributed by atoms with E-state index in [4.69, 9.17) is 5.11 Å². The van der Waals surface area contributed by atoms with Crippen molar-refractivity contribution in [1.82, 2.24) is 0 Å².